The minimum absolute atomic E-state index is 0.0256. The van der Waals surface area contributed by atoms with Crippen molar-refractivity contribution in [2.24, 2.45) is 0 Å². The summed E-state index contributed by atoms with van der Waals surface area (Å²) in [5.74, 6) is -1.53. The molecule has 0 aliphatic rings. The maximum absolute atomic E-state index is 13.3. The predicted octanol–water partition coefficient (Wildman–Crippen LogP) is 4.98. The number of halogens is 1. The van der Waals surface area contributed by atoms with E-state index in [1.165, 1.54) is 55.9 Å². The highest BCUT2D eigenvalue weighted by molar-refractivity contribution is 7.99. The third kappa shape index (κ3) is 8.32. The van der Waals surface area contributed by atoms with Crippen LogP contribution in [0.4, 0.5) is 11.4 Å². The number of phenolic OH excluding ortho intramolecular Hbond substituents is 1. The normalized spacial score (nSPS) is 11.9. The highest BCUT2D eigenvalue weighted by Gasteiger charge is 2.33. The van der Waals surface area contributed by atoms with Gasteiger partial charge < -0.3 is 21.1 Å². The Morgan fingerprint density at radius 1 is 0.976 bits per heavy atom. The molecule has 0 aliphatic heterocycles. The van der Waals surface area contributed by atoms with Gasteiger partial charge in [-0.3, -0.25) is 19.2 Å². The predicted molar refractivity (Wildman–Crippen MR) is 161 cm³/mol. The van der Waals surface area contributed by atoms with Crippen molar-refractivity contribution in [3.05, 3.63) is 63.3 Å². The minimum atomic E-state index is -4.07. The molecule has 3 amide bonds. The molecule has 0 saturated carbocycles. The van der Waals surface area contributed by atoms with Gasteiger partial charge in [-0.15, -0.1) is 23.1 Å². The lowest BCUT2D eigenvalue weighted by molar-refractivity contribution is -0.119. The third-order valence-electron chi connectivity index (χ3n) is 5.70. The summed E-state index contributed by atoms with van der Waals surface area (Å²) < 4.78 is 26.6. The van der Waals surface area contributed by atoms with Crippen LogP contribution in [0.2, 0.25) is 5.02 Å². The number of thioether (sulfide) groups is 1. The zero-order valence-corrected chi connectivity index (χ0v) is 25.5. The van der Waals surface area contributed by atoms with E-state index in [9.17, 15) is 32.7 Å². The van der Waals surface area contributed by atoms with Crippen molar-refractivity contribution in [3.63, 3.8) is 0 Å². The van der Waals surface area contributed by atoms with Crippen LogP contribution in [0.25, 0.3) is 0 Å². The highest BCUT2D eigenvalue weighted by atomic mass is 35.5. The second kappa shape index (κ2) is 14.0. The Morgan fingerprint density at radius 3 is 2.22 bits per heavy atom. The fourth-order valence-corrected chi connectivity index (χ4v) is 7.03. The monoisotopic (exact) mass is 637 g/mol. The Morgan fingerprint density at radius 2 is 1.63 bits per heavy atom. The SMILES string of the molecule is CCC(C(=O)Nc1cc(O)c(NC(=O)c2ccc(C(C)=O)s2)cc1Cl)S(=O)(=O)c1ccc(SCCNC(C)=O)cc1. The molecule has 41 heavy (non-hydrogen) atoms. The molecule has 0 fully saturated rings. The number of phenols is 1. The molecule has 3 rings (SSSR count). The van der Waals surface area contributed by atoms with Gasteiger partial charge >= 0.3 is 0 Å². The lowest BCUT2D eigenvalue weighted by atomic mass is 10.2. The zero-order valence-electron chi connectivity index (χ0n) is 22.3. The van der Waals surface area contributed by atoms with Crippen molar-refractivity contribution in [1.82, 2.24) is 5.32 Å². The summed E-state index contributed by atoms with van der Waals surface area (Å²) in [6, 6.07) is 11.5. The number of amides is 3. The number of hydrogen-bond donors (Lipinski definition) is 4. The minimum Gasteiger partial charge on any atom is -0.506 e. The fraction of sp³-hybridized carbons (Fsp3) is 0.259. The summed E-state index contributed by atoms with van der Waals surface area (Å²) in [6.45, 7) is 4.85. The van der Waals surface area contributed by atoms with Crippen LogP contribution < -0.4 is 16.0 Å². The first-order chi connectivity index (χ1) is 19.3. The summed E-state index contributed by atoms with van der Waals surface area (Å²) in [6.07, 6.45) is -0.0256. The molecular formula is C27H28ClN3O7S3. The number of nitrogens with one attached hydrogen (secondary N) is 3. The zero-order chi connectivity index (χ0) is 30.3. The van der Waals surface area contributed by atoms with Gasteiger partial charge in [-0.25, -0.2) is 8.42 Å². The molecule has 1 heterocycles. The second-order valence-corrected chi connectivity index (χ2v) is 13.5. The van der Waals surface area contributed by atoms with Crippen LogP contribution in [-0.2, 0) is 19.4 Å². The largest absolute Gasteiger partial charge is 0.506 e. The topological polar surface area (TPSA) is 159 Å². The van der Waals surface area contributed by atoms with Crippen LogP contribution in [0.15, 0.2) is 58.3 Å². The van der Waals surface area contributed by atoms with E-state index in [2.05, 4.69) is 16.0 Å². The van der Waals surface area contributed by atoms with E-state index in [0.717, 1.165) is 22.3 Å². The van der Waals surface area contributed by atoms with Gasteiger partial charge in [0, 0.05) is 30.2 Å². The van der Waals surface area contributed by atoms with Gasteiger partial charge in [-0.1, -0.05) is 18.5 Å². The molecule has 3 aromatic rings. The smallest absolute Gasteiger partial charge is 0.265 e. The molecule has 1 unspecified atom stereocenters. The van der Waals surface area contributed by atoms with Gasteiger partial charge in [0.2, 0.25) is 11.8 Å². The number of benzene rings is 2. The molecule has 1 aromatic heterocycles. The first-order valence-electron chi connectivity index (χ1n) is 12.3. The Labute approximate surface area is 250 Å². The summed E-state index contributed by atoms with van der Waals surface area (Å²) in [7, 11) is -4.07. The van der Waals surface area contributed by atoms with E-state index in [4.69, 9.17) is 11.6 Å². The lowest BCUT2D eigenvalue weighted by Crippen LogP contribution is -2.34. The van der Waals surface area contributed by atoms with E-state index in [-0.39, 0.29) is 44.3 Å². The van der Waals surface area contributed by atoms with Gasteiger partial charge in [0.1, 0.15) is 11.0 Å². The van der Waals surface area contributed by atoms with Crippen LogP contribution >= 0.6 is 34.7 Å². The molecule has 4 N–H and O–H groups in total. The number of rotatable bonds is 12. The molecule has 2 aromatic carbocycles. The Balaban J connectivity index is 1.70. The van der Waals surface area contributed by atoms with E-state index >= 15 is 0 Å². The Kier molecular flexibility index (Phi) is 11.0. The lowest BCUT2D eigenvalue weighted by Gasteiger charge is -2.18. The third-order valence-corrected chi connectivity index (χ3v) is 10.4. The van der Waals surface area contributed by atoms with Crippen molar-refractivity contribution >= 4 is 79.4 Å². The molecule has 1 atom stereocenters. The van der Waals surface area contributed by atoms with Crippen molar-refractivity contribution in [3.8, 4) is 5.75 Å². The first kappa shape index (κ1) is 32.1. The van der Waals surface area contributed by atoms with Gasteiger partial charge in [-0.05, 0) is 55.8 Å². The molecule has 0 radical (unpaired) electrons. The Hall–Kier alpha value is -3.39. The van der Waals surface area contributed by atoms with Gasteiger partial charge in [0.15, 0.2) is 15.6 Å². The molecule has 0 aliphatic carbocycles. The van der Waals surface area contributed by atoms with E-state index in [0.29, 0.717) is 17.2 Å². The van der Waals surface area contributed by atoms with E-state index in [1.54, 1.807) is 19.1 Å². The number of Topliss-reactive ketones (excluding diaryl/α,β-unsaturated/α-hetero) is 1. The number of ketones is 1. The molecule has 14 heteroatoms. The van der Waals surface area contributed by atoms with Crippen LogP contribution in [0.3, 0.4) is 0 Å². The highest BCUT2D eigenvalue weighted by Crippen LogP contribution is 2.35. The van der Waals surface area contributed by atoms with Crippen LogP contribution in [-0.4, -0.2) is 54.6 Å². The summed E-state index contributed by atoms with van der Waals surface area (Å²) in [4.78, 5) is 49.5. The summed E-state index contributed by atoms with van der Waals surface area (Å²) >= 11 is 8.74. The number of thiophene rings is 1. The standard InChI is InChI=1S/C27H28ClN3O7S3/c1-4-25(41(37,38)18-7-5-17(6-8-18)39-12-11-29-16(3)33)27(36)30-20-14-22(34)21(13-19(20)28)31-26(35)24-10-9-23(40-24)15(2)32/h5-10,13-14,25,34H,4,11-12H2,1-3H3,(H,29,33)(H,30,36)(H,31,35). The number of aromatic hydroxyl groups is 1. The van der Waals surface area contributed by atoms with Crippen molar-refractivity contribution in [1.29, 1.82) is 0 Å². The van der Waals surface area contributed by atoms with Crippen molar-refractivity contribution in [2.45, 2.75) is 42.2 Å². The van der Waals surface area contributed by atoms with E-state index in [1.807, 2.05) is 0 Å². The van der Waals surface area contributed by atoms with Crippen LogP contribution in [0.1, 0.15) is 46.5 Å². The molecule has 218 valence electrons. The number of anilines is 2. The fourth-order valence-electron chi connectivity index (χ4n) is 3.64. The number of hydrogen-bond acceptors (Lipinski definition) is 9. The average molecular weight is 638 g/mol. The molecular weight excluding hydrogens is 610 g/mol. The Bertz CT molecular complexity index is 1570. The second-order valence-electron chi connectivity index (χ2n) is 8.76. The maximum Gasteiger partial charge on any atom is 0.265 e. The molecule has 0 saturated heterocycles. The summed E-state index contributed by atoms with van der Waals surface area (Å²) in [5, 5.41) is 16.6. The van der Waals surface area contributed by atoms with Crippen molar-refractivity contribution < 1.29 is 32.7 Å². The van der Waals surface area contributed by atoms with Crippen molar-refractivity contribution in [2.75, 3.05) is 22.9 Å². The number of carbonyl (C=O) groups is 4. The summed E-state index contributed by atoms with van der Waals surface area (Å²) in [5.41, 5.74) is -0.0767. The van der Waals surface area contributed by atoms with Crippen LogP contribution in [0, 0.1) is 0 Å². The van der Waals surface area contributed by atoms with Gasteiger partial charge in [0.05, 0.1) is 31.0 Å². The first-order valence-corrected chi connectivity index (χ1v) is 16.0. The average Bonchev–Trinajstić information content (AvgIpc) is 3.41. The van der Waals surface area contributed by atoms with Gasteiger partial charge in [0.25, 0.3) is 5.91 Å². The molecule has 0 spiro atoms. The number of carbonyl (C=O) groups excluding carboxylic acids is 4. The van der Waals surface area contributed by atoms with Gasteiger partial charge in [-0.2, -0.15) is 0 Å². The molecule has 10 nitrogen and oxygen atoms in total. The maximum atomic E-state index is 13.3. The van der Waals surface area contributed by atoms with E-state index < -0.39 is 32.7 Å². The van der Waals surface area contributed by atoms with Crippen LogP contribution in [0.5, 0.6) is 5.75 Å². The molecule has 0 bridgehead atoms. The number of sulfone groups is 1. The quantitative estimate of drug-likeness (QED) is 0.0936.